The Labute approximate surface area is 253 Å². The van der Waals surface area contributed by atoms with Gasteiger partial charge in [-0.3, -0.25) is 24.0 Å². The first kappa shape index (κ1) is 35.9. The second kappa shape index (κ2) is 14.9. The molecule has 3 atom stereocenters. The van der Waals surface area contributed by atoms with Crippen LogP contribution in [-0.4, -0.2) is 54.8 Å². The number of Topliss-reactive ketones (excluding diaryl/α,β-unsaturated/α-hetero) is 1. The number of carbonyl (C=O) groups excluding carboxylic acids is 5. The van der Waals surface area contributed by atoms with Gasteiger partial charge in [0.2, 0.25) is 17.7 Å². The number of alkyl halides is 5. The van der Waals surface area contributed by atoms with Crippen LogP contribution in [0.5, 0.6) is 5.75 Å². The first-order valence-corrected chi connectivity index (χ1v) is 13.3. The minimum Gasteiger partial charge on any atom is -0.497 e. The number of benzene rings is 2. The number of carbonyl (C=O) groups is 5. The maximum Gasteiger partial charge on any atom is 0.452 e. The van der Waals surface area contributed by atoms with Crippen molar-refractivity contribution in [3.05, 3.63) is 64.7 Å². The van der Waals surface area contributed by atoms with Crippen LogP contribution in [0.3, 0.4) is 0 Å². The summed E-state index contributed by atoms with van der Waals surface area (Å²) in [7, 11) is 1.34. The van der Waals surface area contributed by atoms with Crippen LogP contribution < -0.4 is 26.4 Å². The predicted molar refractivity (Wildman–Crippen MR) is 147 cm³/mol. The third-order valence-electron chi connectivity index (χ3n) is 6.30. The van der Waals surface area contributed by atoms with E-state index in [0.29, 0.717) is 5.75 Å². The van der Waals surface area contributed by atoms with E-state index in [2.05, 4.69) is 5.32 Å². The number of ether oxygens (including phenoxy) is 1. The molecule has 0 bridgehead atoms. The highest BCUT2D eigenvalue weighted by molar-refractivity contribution is 6.30. The average molecular weight is 649 g/mol. The molecule has 2 rings (SSSR count). The molecule has 16 heteroatoms. The van der Waals surface area contributed by atoms with Gasteiger partial charge in [0.25, 0.3) is 11.7 Å². The van der Waals surface area contributed by atoms with Gasteiger partial charge in [-0.25, -0.2) is 0 Å². The number of halogens is 6. The van der Waals surface area contributed by atoms with Gasteiger partial charge < -0.3 is 26.4 Å². The van der Waals surface area contributed by atoms with Crippen LogP contribution >= 0.6 is 11.6 Å². The Hall–Kier alpha value is -4.27. The molecule has 240 valence electrons. The van der Waals surface area contributed by atoms with Crippen molar-refractivity contribution in [3.8, 4) is 5.75 Å². The zero-order chi connectivity index (χ0) is 33.4. The molecule has 44 heavy (non-hydrogen) atoms. The number of primary amides is 1. The van der Waals surface area contributed by atoms with Gasteiger partial charge in [0, 0.05) is 17.0 Å². The summed E-state index contributed by atoms with van der Waals surface area (Å²) in [6.07, 6.45) is -6.44. The average Bonchev–Trinajstić information content (AvgIpc) is 2.95. The van der Waals surface area contributed by atoms with Crippen LogP contribution in [0.2, 0.25) is 5.02 Å². The number of hydrogen-bond acceptors (Lipinski definition) is 6. The smallest absolute Gasteiger partial charge is 0.452 e. The Morgan fingerprint density at radius 2 is 1.52 bits per heavy atom. The first-order chi connectivity index (χ1) is 20.4. The van der Waals surface area contributed by atoms with Crippen LogP contribution in [0.1, 0.15) is 43.9 Å². The third-order valence-corrected chi connectivity index (χ3v) is 6.53. The van der Waals surface area contributed by atoms with Gasteiger partial charge in [-0.1, -0.05) is 49.7 Å². The molecule has 2 aromatic rings. The van der Waals surface area contributed by atoms with E-state index in [1.165, 1.54) is 57.4 Å². The highest BCUT2D eigenvalue weighted by Gasteiger charge is 2.46. The SMILES string of the molecule is COc1ccc(C(NC(=O)C(CCC(N)=O)NC(=O)C(F)(F)c2cccc(Cl)c2)C(=O)NC(C(=O)C(F)(F)F)C(C)C)cc1. The molecular formula is C28H30ClF5N4O6. The molecule has 10 nitrogen and oxygen atoms in total. The topological polar surface area (TPSA) is 157 Å². The van der Waals surface area contributed by atoms with Gasteiger partial charge in [0.1, 0.15) is 17.8 Å². The van der Waals surface area contributed by atoms with E-state index in [1.54, 1.807) is 0 Å². The van der Waals surface area contributed by atoms with E-state index >= 15 is 0 Å². The van der Waals surface area contributed by atoms with E-state index in [0.717, 1.165) is 12.1 Å². The molecule has 0 aromatic heterocycles. The lowest BCUT2D eigenvalue weighted by atomic mass is 9.97. The number of ketones is 1. The molecule has 0 fully saturated rings. The van der Waals surface area contributed by atoms with Crippen LogP contribution in [-0.2, 0) is 29.9 Å². The van der Waals surface area contributed by atoms with Gasteiger partial charge in [0.15, 0.2) is 0 Å². The summed E-state index contributed by atoms with van der Waals surface area (Å²) >= 11 is 5.75. The van der Waals surface area contributed by atoms with Crippen molar-refractivity contribution in [2.75, 3.05) is 7.11 Å². The van der Waals surface area contributed by atoms with Crippen molar-refractivity contribution < 1.29 is 50.7 Å². The minimum atomic E-state index is -5.29. The molecule has 5 N–H and O–H groups in total. The molecule has 0 saturated carbocycles. The van der Waals surface area contributed by atoms with Gasteiger partial charge in [-0.05, 0) is 42.2 Å². The quantitative estimate of drug-likeness (QED) is 0.230. The minimum absolute atomic E-state index is 0.0113. The monoisotopic (exact) mass is 648 g/mol. The highest BCUT2D eigenvalue weighted by atomic mass is 35.5. The third kappa shape index (κ3) is 9.62. The number of rotatable bonds is 14. The predicted octanol–water partition coefficient (Wildman–Crippen LogP) is 3.32. The molecule has 0 aliphatic heterocycles. The Morgan fingerprint density at radius 3 is 2.02 bits per heavy atom. The van der Waals surface area contributed by atoms with Gasteiger partial charge >= 0.3 is 12.1 Å². The number of nitrogens with two attached hydrogens (primary N) is 1. The molecule has 0 saturated heterocycles. The van der Waals surface area contributed by atoms with Gasteiger partial charge in [-0.15, -0.1) is 0 Å². The Morgan fingerprint density at radius 1 is 0.909 bits per heavy atom. The molecule has 0 radical (unpaired) electrons. The number of amides is 4. The standard InChI is InChI=1S/C28H30ClF5N4O6/c1-14(2)21(23(40)28(32,33)34)37-25(42)22(15-7-9-18(44-3)10-8-15)38-24(41)19(11-12-20(35)39)36-26(43)27(30,31)16-5-4-6-17(29)13-16/h4-10,13-14,19,21-22H,11-12H2,1-3H3,(H2,35,39)(H,36,43)(H,37,42)(H,38,41). The first-order valence-electron chi connectivity index (χ1n) is 13.0. The largest absolute Gasteiger partial charge is 0.497 e. The van der Waals surface area contributed by atoms with Crippen molar-refractivity contribution in [2.45, 2.75) is 56.9 Å². The van der Waals surface area contributed by atoms with Crippen LogP contribution in [0, 0.1) is 5.92 Å². The molecule has 0 aliphatic carbocycles. The number of nitrogens with one attached hydrogen (secondary N) is 3. The molecular weight excluding hydrogens is 619 g/mol. The van der Waals surface area contributed by atoms with Crippen molar-refractivity contribution in [1.82, 2.24) is 16.0 Å². The maximum absolute atomic E-state index is 15.0. The summed E-state index contributed by atoms with van der Waals surface area (Å²) < 4.78 is 74.6. The zero-order valence-electron chi connectivity index (χ0n) is 23.6. The van der Waals surface area contributed by atoms with Crippen LogP contribution in [0.25, 0.3) is 0 Å². The molecule has 3 unspecified atom stereocenters. The van der Waals surface area contributed by atoms with Crippen LogP contribution in [0.15, 0.2) is 48.5 Å². The van der Waals surface area contributed by atoms with Crippen molar-refractivity contribution >= 4 is 41.0 Å². The zero-order valence-corrected chi connectivity index (χ0v) is 24.4. The summed E-state index contributed by atoms with van der Waals surface area (Å²) in [5.74, 6) is -12.6. The summed E-state index contributed by atoms with van der Waals surface area (Å²) in [6, 6.07) is 3.79. The van der Waals surface area contributed by atoms with Crippen LogP contribution in [0.4, 0.5) is 22.0 Å². The van der Waals surface area contributed by atoms with E-state index in [1.807, 2.05) is 10.6 Å². The Bertz CT molecular complexity index is 1370. The molecule has 0 aliphatic rings. The Kier molecular flexibility index (Phi) is 12.2. The highest BCUT2D eigenvalue weighted by Crippen LogP contribution is 2.30. The van der Waals surface area contributed by atoms with Crippen molar-refractivity contribution in [2.24, 2.45) is 11.7 Å². The fraction of sp³-hybridized carbons (Fsp3) is 0.393. The maximum atomic E-state index is 15.0. The Balaban J connectivity index is 2.44. The summed E-state index contributed by atoms with van der Waals surface area (Å²) in [5.41, 5.74) is 4.32. The van der Waals surface area contributed by atoms with E-state index < -0.39 is 84.0 Å². The summed E-state index contributed by atoms with van der Waals surface area (Å²) in [5, 5.41) is 5.93. The van der Waals surface area contributed by atoms with E-state index in [4.69, 9.17) is 22.1 Å². The number of methoxy groups -OCH3 is 1. The van der Waals surface area contributed by atoms with E-state index in [9.17, 15) is 45.9 Å². The summed E-state index contributed by atoms with van der Waals surface area (Å²) in [6.45, 7) is 2.51. The molecule has 0 heterocycles. The fourth-order valence-electron chi connectivity index (χ4n) is 3.91. The van der Waals surface area contributed by atoms with E-state index in [-0.39, 0.29) is 10.6 Å². The lowest BCUT2D eigenvalue weighted by Gasteiger charge is -2.27. The number of hydrogen-bond donors (Lipinski definition) is 4. The summed E-state index contributed by atoms with van der Waals surface area (Å²) in [4.78, 5) is 62.7. The fourth-order valence-corrected chi connectivity index (χ4v) is 4.10. The molecule has 0 spiro atoms. The lowest BCUT2D eigenvalue weighted by Crippen LogP contribution is -2.55. The second-order valence-electron chi connectivity index (χ2n) is 9.92. The molecule has 2 aromatic carbocycles. The molecule has 4 amide bonds. The van der Waals surface area contributed by atoms with Gasteiger partial charge in [0.05, 0.1) is 13.2 Å². The normalized spacial score (nSPS) is 13.8. The van der Waals surface area contributed by atoms with Crippen molar-refractivity contribution in [1.29, 1.82) is 0 Å². The van der Waals surface area contributed by atoms with Crippen molar-refractivity contribution in [3.63, 3.8) is 0 Å². The second-order valence-corrected chi connectivity index (χ2v) is 10.4. The lowest BCUT2D eigenvalue weighted by molar-refractivity contribution is -0.175. The van der Waals surface area contributed by atoms with Gasteiger partial charge in [-0.2, -0.15) is 22.0 Å².